The van der Waals surface area contributed by atoms with Crippen LogP contribution in [0.15, 0.2) is 78.5 Å². The average Bonchev–Trinajstić information content (AvgIpc) is 3.07. The van der Waals surface area contributed by atoms with E-state index in [4.69, 9.17) is 4.74 Å². The van der Waals surface area contributed by atoms with Crippen LogP contribution in [0.25, 0.3) is 5.57 Å². The zero-order chi connectivity index (χ0) is 24.2. The number of benzene rings is 3. The SMILES string of the molecule is CCCOc1cccc(NC2=C(c3ccc(C)cc3)C(=O)N(c3cccc(N(C)C)c3)C2=O)c1. The maximum Gasteiger partial charge on any atom is 0.282 e. The average molecular weight is 456 g/mol. The molecule has 1 aliphatic heterocycles. The fourth-order valence-corrected chi connectivity index (χ4v) is 3.81. The highest BCUT2D eigenvalue weighted by molar-refractivity contribution is 6.46. The third kappa shape index (κ3) is 4.66. The lowest BCUT2D eigenvalue weighted by molar-refractivity contribution is -0.120. The maximum absolute atomic E-state index is 13.7. The molecule has 4 rings (SSSR count). The summed E-state index contributed by atoms with van der Waals surface area (Å²) in [4.78, 5) is 30.5. The molecule has 0 unspecified atom stereocenters. The number of rotatable bonds is 8. The Kier molecular flexibility index (Phi) is 6.68. The number of anilines is 3. The minimum absolute atomic E-state index is 0.247. The lowest BCUT2D eigenvalue weighted by atomic mass is 10.0. The number of nitrogens with zero attached hydrogens (tertiary/aromatic N) is 2. The summed E-state index contributed by atoms with van der Waals surface area (Å²) in [5, 5.41) is 3.22. The molecule has 1 aliphatic rings. The molecule has 1 N–H and O–H groups in total. The summed E-state index contributed by atoms with van der Waals surface area (Å²) >= 11 is 0. The molecular weight excluding hydrogens is 426 g/mol. The Labute approximate surface area is 200 Å². The van der Waals surface area contributed by atoms with Crippen LogP contribution in [0.1, 0.15) is 24.5 Å². The van der Waals surface area contributed by atoms with Gasteiger partial charge in [-0.3, -0.25) is 9.59 Å². The number of nitrogens with one attached hydrogen (secondary N) is 1. The van der Waals surface area contributed by atoms with E-state index >= 15 is 0 Å². The highest BCUT2D eigenvalue weighted by atomic mass is 16.5. The lowest BCUT2D eigenvalue weighted by Crippen LogP contribution is -2.32. The second kappa shape index (κ2) is 9.83. The van der Waals surface area contributed by atoms with Crippen LogP contribution in [0.4, 0.5) is 17.1 Å². The molecule has 0 fully saturated rings. The van der Waals surface area contributed by atoms with Crippen molar-refractivity contribution in [1.82, 2.24) is 0 Å². The van der Waals surface area contributed by atoms with E-state index in [0.29, 0.717) is 34.9 Å². The highest BCUT2D eigenvalue weighted by Gasteiger charge is 2.40. The van der Waals surface area contributed by atoms with Gasteiger partial charge < -0.3 is 15.0 Å². The van der Waals surface area contributed by atoms with Gasteiger partial charge in [0, 0.05) is 31.5 Å². The van der Waals surface area contributed by atoms with Gasteiger partial charge >= 0.3 is 0 Å². The number of imide groups is 1. The predicted molar refractivity (Wildman–Crippen MR) is 137 cm³/mol. The van der Waals surface area contributed by atoms with E-state index < -0.39 is 5.91 Å². The number of hydrogen-bond acceptors (Lipinski definition) is 5. The van der Waals surface area contributed by atoms with Crippen LogP contribution in [-0.4, -0.2) is 32.5 Å². The molecule has 0 radical (unpaired) electrons. The Bertz CT molecular complexity index is 1250. The molecule has 34 heavy (non-hydrogen) atoms. The summed E-state index contributed by atoms with van der Waals surface area (Å²) in [6, 6.07) is 22.4. The summed E-state index contributed by atoms with van der Waals surface area (Å²) in [6.07, 6.45) is 0.897. The molecule has 174 valence electrons. The molecule has 1 heterocycles. The van der Waals surface area contributed by atoms with Crippen molar-refractivity contribution in [1.29, 1.82) is 0 Å². The first-order valence-corrected chi connectivity index (χ1v) is 11.4. The third-order valence-electron chi connectivity index (χ3n) is 5.60. The van der Waals surface area contributed by atoms with Crippen molar-refractivity contribution in [3.63, 3.8) is 0 Å². The molecule has 0 saturated carbocycles. The van der Waals surface area contributed by atoms with Crippen molar-refractivity contribution in [3.05, 3.63) is 89.6 Å². The van der Waals surface area contributed by atoms with Gasteiger partial charge in [-0.2, -0.15) is 0 Å². The van der Waals surface area contributed by atoms with Gasteiger partial charge in [-0.15, -0.1) is 0 Å². The van der Waals surface area contributed by atoms with Gasteiger partial charge in [-0.1, -0.05) is 48.9 Å². The maximum atomic E-state index is 13.7. The van der Waals surface area contributed by atoms with E-state index in [1.165, 1.54) is 4.90 Å². The van der Waals surface area contributed by atoms with E-state index in [1.807, 2.05) is 99.6 Å². The Balaban J connectivity index is 1.76. The second-order valence-electron chi connectivity index (χ2n) is 8.48. The molecule has 0 aromatic heterocycles. The number of carbonyl (C=O) groups is 2. The van der Waals surface area contributed by atoms with Crippen molar-refractivity contribution >= 4 is 34.4 Å². The fourth-order valence-electron chi connectivity index (χ4n) is 3.81. The van der Waals surface area contributed by atoms with Crippen molar-refractivity contribution in [2.75, 3.05) is 35.8 Å². The topological polar surface area (TPSA) is 61.9 Å². The molecule has 0 spiro atoms. The summed E-state index contributed by atoms with van der Waals surface area (Å²) in [5.74, 6) is -0.0429. The normalized spacial score (nSPS) is 13.5. The summed E-state index contributed by atoms with van der Waals surface area (Å²) in [7, 11) is 3.84. The predicted octanol–water partition coefficient (Wildman–Crippen LogP) is 5.25. The van der Waals surface area contributed by atoms with Crippen LogP contribution in [0, 0.1) is 6.92 Å². The van der Waals surface area contributed by atoms with Crippen LogP contribution in [0.3, 0.4) is 0 Å². The zero-order valence-electron chi connectivity index (χ0n) is 20.0. The van der Waals surface area contributed by atoms with Gasteiger partial charge in [0.05, 0.1) is 17.9 Å². The molecule has 6 heteroatoms. The Morgan fingerprint density at radius 2 is 1.65 bits per heavy atom. The summed E-state index contributed by atoms with van der Waals surface area (Å²) in [6.45, 7) is 4.64. The minimum Gasteiger partial charge on any atom is -0.494 e. The zero-order valence-corrected chi connectivity index (χ0v) is 20.0. The van der Waals surface area contributed by atoms with Gasteiger partial charge in [-0.05, 0) is 49.2 Å². The summed E-state index contributed by atoms with van der Waals surface area (Å²) < 4.78 is 5.74. The van der Waals surface area contributed by atoms with Gasteiger partial charge in [0.1, 0.15) is 11.4 Å². The number of ether oxygens (including phenoxy) is 1. The summed E-state index contributed by atoms with van der Waals surface area (Å²) in [5.41, 5.74) is 4.47. The van der Waals surface area contributed by atoms with Crippen LogP contribution in [0.5, 0.6) is 5.75 Å². The van der Waals surface area contributed by atoms with E-state index in [-0.39, 0.29) is 11.6 Å². The molecule has 2 amide bonds. The number of amides is 2. The monoisotopic (exact) mass is 455 g/mol. The van der Waals surface area contributed by atoms with Gasteiger partial charge in [0.25, 0.3) is 11.8 Å². The van der Waals surface area contributed by atoms with Gasteiger partial charge in [0.15, 0.2) is 0 Å². The van der Waals surface area contributed by atoms with Crippen molar-refractivity contribution < 1.29 is 14.3 Å². The molecule has 6 nitrogen and oxygen atoms in total. The molecule has 0 atom stereocenters. The smallest absolute Gasteiger partial charge is 0.282 e. The Morgan fingerprint density at radius 1 is 0.912 bits per heavy atom. The molecule has 0 bridgehead atoms. The number of hydrogen-bond donors (Lipinski definition) is 1. The molecule has 0 aliphatic carbocycles. The van der Waals surface area contributed by atoms with Gasteiger partial charge in [-0.25, -0.2) is 4.90 Å². The van der Waals surface area contributed by atoms with Crippen molar-refractivity contribution in [3.8, 4) is 5.75 Å². The third-order valence-corrected chi connectivity index (χ3v) is 5.60. The number of carbonyl (C=O) groups excluding carboxylic acids is 2. The Morgan fingerprint density at radius 3 is 2.35 bits per heavy atom. The van der Waals surface area contributed by atoms with E-state index in [9.17, 15) is 9.59 Å². The fraction of sp³-hybridized carbons (Fsp3) is 0.214. The largest absolute Gasteiger partial charge is 0.494 e. The first kappa shape index (κ1) is 23.1. The Hall–Kier alpha value is -4.06. The quantitative estimate of drug-likeness (QED) is 0.470. The van der Waals surface area contributed by atoms with Crippen LogP contribution < -0.4 is 19.9 Å². The minimum atomic E-state index is -0.392. The standard InChI is InChI=1S/C28H29N3O3/c1-5-16-34-24-11-6-8-21(17-24)29-26-25(20-14-12-19(2)13-15-20)27(32)31(28(26)33)23-10-7-9-22(18-23)30(3)4/h6-15,17-18,29H,5,16H2,1-4H3. The molecule has 3 aromatic carbocycles. The highest BCUT2D eigenvalue weighted by Crippen LogP contribution is 2.35. The first-order valence-electron chi connectivity index (χ1n) is 11.4. The second-order valence-corrected chi connectivity index (χ2v) is 8.48. The van der Waals surface area contributed by atoms with Crippen LogP contribution in [-0.2, 0) is 9.59 Å². The number of aryl methyl sites for hydroxylation is 1. The molecule has 0 saturated heterocycles. The van der Waals surface area contributed by atoms with E-state index in [2.05, 4.69) is 5.32 Å². The van der Waals surface area contributed by atoms with E-state index in [0.717, 1.165) is 17.7 Å². The molecule has 3 aromatic rings. The lowest BCUT2D eigenvalue weighted by Gasteiger charge is -2.19. The first-order chi connectivity index (χ1) is 16.4. The van der Waals surface area contributed by atoms with Crippen LogP contribution in [0.2, 0.25) is 0 Å². The van der Waals surface area contributed by atoms with Gasteiger partial charge in [0.2, 0.25) is 0 Å². The van der Waals surface area contributed by atoms with E-state index in [1.54, 1.807) is 6.07 Å². The van der Waals surface area contributed by atoms with Crippen molar-refractivity contribution in [2.45, 2.75) is 20.3 Å². The van der Waals surface area contributed by atoms with Crippen molar-refractivity contribution in [2.24, 2.45) is 0 Å². The molecular formula is C28H29N3O3. The van der Waals surface area contributed by atoms with Crippen LogP contribution >= 0.6 is 0 Å².